The standard InChI is InChI=1S/C15H21NO3S/c1-3-11-7-8-12(20-11)13(17)16-15(14(18)19-2)9-5-4-6-10-15/h7-8H,3-6,9-10H2,1-2H3,(H,16,17). The van der Waals surface area contributed by atoms with Crippen LogP contribution in [0.1, 0.15) is 53.6 Å². The molecular formula is C15H21NO3S. The van der Waals surface area contributed by atoms with Gasteiger partial charge in [0.1, 0.15) is 5.54 Å². The molecule has 4 nitrogen and oxygen atoms in total. The van der Waals surface area contributed by atoms with Crippen LogP contribution < -0.4 is 5.32 Å². The molecule has 0 aromatic carbocycles. The summed E-state index contributed by atoms with van der Waals surface area (Å²) in [6.07, 6.45) is 5.24. The Morgan fingerprint density at radius 1 is 1.30 bits per heavy atom. The number of amides is 1. The molecule has 0 spiro atoms. The van der Waals surface area contributed by atoms with E-state index in [0.717, 1.165) is 25.7 Å². The van der Waals surface area contributed by atoms with Crippen LogP contribution in [0, 0.1) is 0 Å². The van der Waals surface area contributed by atoms with Crippen molar-refractivity contribution in [3.8, 4) is 0 Å². The van der Waals surface area contributed by atoms with E-state index in [1.54, 1.807) is 0 Å². The van der Waals surface area contributed by atoms with Gasteiger partial charge in [-0.2, -0.15) is 0 Å². The van der Waals surface area contributed by atoms with Gasteiger partial charge in [0.2, 0.25) is 0 Å². The number of aryl methyl sites for hydroxylation is 1. The van der Waals surface area contributed by atoms with Crippen molar-refractivity contribution in [2.75, 3.05) is 7.11 Å². The van der Waals surface area contributed by atoms with Gasteiger partial charge in [0.15, 0.2) is 0 Å². The fraction of sp³-hybridized carbons (Fsp3) is 0.600. The van der Waals surface area contributed by atoms with Gasteiger partial charge in [-0.05, 0) is 31.4 Å². The lowest BCUT2D eigenvalue weighted by atomic mass is 9.81. The molecule has 1 heterocycles. The van der Waals surface area contributed by atoms with Crippen LogP contribution in [0.25, 0.3) is 0 Å². The number of carbonyl (C=O) groups excluding carboxylic acids is 2. The first kappa shape index (κ1) is 15.0. The Kier molecular flexibility index (Phi) is 4.81. The Bertz CT molecular complexity index is 489. The van der Waals surface area contributed by atoms with Gasteiger partial charge in [-0.3, -0.25) is 4.79 Å². The Hall–Kier alpha value is -1.36. The third-order valence-corrected chi connectivity index (χ3v) is 5.10. The monoisotopic (exact) mass is 295 g/mol. The predicted molar refractivity (Wildman–Crippen MR) is 79.0 cm³/mol. The van der Waals surface area contributed by atoms with Crippen LogP contribution in [0.3, 0.4) is 0 Å². The minimum atomic E-state index is -0.833. The maximum atomic E-state index is 12.4. The van der Waals surface area contributed by atoms with Crippen molar-refractivity contribution in [3.63, 3.8) is 0 Å². The van der Waals surface area contributed by atoms with E-state index in [2.05, 4.69) is 12.2 Å². The topological polar surface area (TPSA) is 55.4 Å². The van der Waals surface area contributed by atoms with Crippen LogP contribution >= 0.6 is 11.3 Å². The van der Waals surface area contributed by atoms with E-state index in [9.17, 15) is 9.59 Å². The smallest absolute Gasteiger partial charge is 0.331 e. The van der Waals surface area contributed by atoms with E-state index in [1.807, 2.05) is 12.1 Å². The first-order valence-electron chi connectivity index (χ1n) is 7.11. The Morgan fingerprint density at radius 3 is 2.55 bits per heavy atom. The summed E-state index contributed by atoms with van der Waals surface area (Å²) < 4.78 is 4.91. The van der Waals surface area contributed by atoms with Crippen molar-refractivity contribution in [2.24, 2.45) is 0 Å². The second kappa shape index (κ2) is 6.39. The summed E-state index contributed by atoms with van der Waals surface area (Å²) >= 11 is 1.48. The van der Waals surface area contributed by atoms with E-state index in [4.69, 9.17) is 4.74 Å². The van der Waals surface area contributed by atoms with Crippen molar-refractivity contribution in [2.45, 2.75) is 51.0 Å². The zero-order valence-electron chi connectivity index (χ0n) is 12.0. The van der Waals surface area contributed by atoms with Gasteiger partial charge in [-0.15, -0.1) is 11.3 Å². The molecule has 0 radical (unpaired) electrons. The fourth-order valence-corrected chi connectivity index (χ4v) is 3.54. The van der Waals surface area contributed by atoms with Crippen LogP contribution in [-0.4, -0.2) is 24.5 Å². The van der Waals surface area contributed by atoms with Crippen LogP contribution in [-0.2, 0) is 16.0 Å². The molecule has 1 N–H and O–H groups in total. The minimum absolute atomic E-state index is 0.165. The van der Waals surface area contributed by atoms with Crippen molar-refractivity contribution in [3.05, 3.63) is 21.9 Å². The van der Waals surface area contributed by atoms with Gasteiger partial charge < -0.3 is 10.1 Å². The van der Waals surface area contributed by atoms with Crippen molar-refractivity contribution in [1.29, 1.82) is 0 Å². The van der Waals surface area contributed by atoms with Gasteiger partial charge in [-0.25, -0.2) is 4.79 Å². The first-order chi connectivity index (χ1) is 9.61. The zero-order chi connectivity index (χ0) is 14.6. The van der Waals surface area contributed by atoms with Crippen molar-refractivity contribution in [1.82, 2.24) is 5.32 Å². The third-order valence-electron chi connectivity index (χ3n) is 3.87. The normalized spacial score (nSPS) is 17.5. The van der Waals surface area contributed by atoms with Crippen LogP contribution in [0.5, 0.6) is 0 Å². The highest BCUT2D eigenvalue weighted by Gasteiger charge is 2.42. The average molecular weight is 295 g/mol. The summed E-state index contributed by atoms with van der Waals surface area (Å²) in [6, 6.07) is 3.79. The fourth-order valence-electron chi connectivity index (χ4n) is 2.70. The van der Waals surface area contributed by atoms with Gasteiger partial charge in [0.05, 0.1) is 12.0 Å². The van der Waals surface area contributed by atoms with Crippen molar-refractivity contribution < 1.29 is 14.3 Å². The third kappa shape index (κ3) is 3.03. The molecule has 5 heteroatoms. The van der Waals surface area contributed by atoms with E-state index in [-0.39, 0.29) is 11.9 Å². The number of ether oxygens (including phenoxy) is 1. The maximum Gasteiger partial charge on any atom is 0.331 e. The molecule has 1 saturated carbocycles. The summed E-state index contributed by atoms with van der Waals surface area (Å²) in [6.45, 7) is 2.06. The zero-order valence-corrected chi connectivity index (χ0v) is 12.8. The summed E-state index contributed by atoms with van der Waals surface area (Å²) in [7, 11) is 1.38. The maximum absolute atomic E-state index is 12.4. The SMILES string of the molecule is CCc1ccc(C(=O)NC2(C(=O)OC)CCCCC2)s1. The Balaban J connectivity index is 2.14. The Labute approximate surface area is 123 Å². The molecule has 1 amide bonds. The number of rotatable bonds is 4. The molecular weight excluding hydrogens is 274 g/mol. The van der Waals surface area contributed by atoms with Crippen LogP contribution in [0.4, 0.5) is 0 Å². The number of methoxy groups -OCH3 is 1. The number of thiophene rings is 1. The number of hydrogen-bond acceptors (Lipinski definition) is 4. The van der Waals surface area contributed by atoms with Gasteiger partial charge in [-0.1, -0.05) is 26.2 Å². The summed E-state index contributed by atoms with van der Waals surface area (Å²) in [4.78, 5) is 26.3. The second-order valence-electron chi connectivity index (χ2n) is 5.21. The second-order valence-corrected chi connectivity index (χ2v) is 6.38. The number of hydrogen-bond donors (Lipinski definition) is 1. The number of esters is 1. The lowest BCUT2D eigenvalue weighted by Gasteiger charge is -2.35. The molecule has 0 saturated heterocycles. The Morgan fingerprint density at radius 2 is 2.00 bits per heavy atom. The predicted octanol–water partition coefficient (Wildman–Crippen LogP) is 2.92. The highest BCUT2D eigenvalue weighted by molar-refractivity contribution is 7.14. The lowest BCUT2D eigenvalue weighted by Crippen LogP contribution is -2.56. The van der Waals surface area contributed by atoms with Crippen molar-refractivity contribution >= 4 is 23.2 Å². The molecule has 1 aromatic heterocycles. The number of carbonyl (C=O) groups is 2. The molecule has 1 aliphatic rings. The lowest BCUT2D eigenvalue weighted by molar-refractivity contribution is -0.149. The van der Waals surface area contributed by atoms with Gasteiger partial charge >= 0.3 is 5.97 Å². The summed E-state index contributed by atoms with van der Waals surface area (Å²) in [5, 5.41) is 2.93. The molecule has 1 fully saturated rings. The van der Waals surface area contributed by atoms with Crippen LogP contribution in [0.2, 0.25) is 0 Å². The number of nitrogens with one attached hydrogen (secondary N) is 1. The molecule has 0 aliphatic heterocycles. The molecule has 0 bridgehead atoms. The van der Waals surface area contributed by atoms with Crippen LogP contribution in [0.15, 0.2) is 12.1 Å². The molecule has 1 aromatic rings. The molecule has 20 heavy (non-hydrogen) atoms. The van der Waals surface area contributed by atoms with E-state index in [0.29, 0.717) is 17.7 Å². The van der Waals surface area contributed by atoms with E-state index in [1.165, 1.54) is 23.3 Å². The first-order valence-corrected chi connectivity index (χ1v) is 7.92. The highest BCUT2D eigenvalue weighted by atomic mass is 32.1. The van der Waals surface area contributed by atoms with E-state index < -0.39 is 5.54 Å². The van der Waals surface area contributed by atoms with E-state index >= 15 is 0 Å². The highest BCUT2D eigenvalue weighted by Crippen LogP contribution is 2.30. The molecule has 0 atom stereocenters. The van der Waals surface area contributed by atoms with Gasteiger partial charge in [0, 0.05) is 4.88 Å². The molecule has 0 unspecified atom stereocenters. The van der Waals surface area contributed by atoms with Gasteiger partial charge in [0.25, 0.3) is 5.91 Å². The average Bonchev–Trinajstić information content (AvgIpc) is 2.96. The summed E-state index contributed by atoms with van der Waals surface area (Å²) in [5.41, 5.74) is -0.833. The molecule has 110 valence electrons. The quantitative estimate of drug-likeness (QED) is 0.869. The summed E-state index contributed by atoms with van der Waals surface area (Å²) in [5.74, 6) is -0.486. The minimum Gasteiger partial charge on any atom is -0.467 e. The largest absolute Gasteiger partial charge is 0.467 e. The molecule has 2 rings (SSSR count). The molecule has 1 aliphatic carbocycles.